The third kappa shape index (κ3) is 21.6. The molecule has 0 radical (unpaired) electrons. The molecule has 2 N–H and O–H groups in total. The van der Waals surface area contributed by atoms with Gasteiger partial charge >= 0.3 is 65.1 Å². The smallest absolute Gasteiger partial charge is 0.549 e. The number of carboxylic acids is 3. The number of unbranched alkanes of at least 4 members (excludes halogenated alkanes) is 8. The minimum absolute atomic E-state index is 0. The molecule has 0 amide bonds. The van der Waals surface area contributed by atoms with Crippen molar-refractivity contribution < 1.29 is 93.6 Å². The SMILES string of the molecule is CCCCCCCCCCCC(=O)C(CNCC(=O)[O-])N(CC(=O)[O-])CC(=O)O.[Na+].[Na+]. The maximum absolute atomic E-state index is 12.6. The number of hydrogen-bond acceptors (Lipinski definition) is 8. The van der Waals surface area contributed by atoms with E-state index < -0.39 is 43.6 Å². The third-order valence-corrected chi connectivity index (χ3v) is 4.62. The number of nitrogens with one attached hydrogen (secondary N) is 1. The van der Waals surface area contributed by atoms with E-state index in [0.29, 0.717) is 6.42 Å². The van der Waals surface area contributed by atoms with Crippen LogP contribution in [-0.4, -0.2) is 65.9 Å². The third-order valence-electron chi connectivity index (χ3n) is 4.62. The van der Waals surface area contributed by atoms with Crippen LogP contribution in [0.3, 0.4) is 0 Å². The summed E-state index contributed by atoms with van der Waals surface area (Å²) in [6.07, 6.45) is 9.85. The Kier molecular flexibility index (Phi) is 26.6. The average molecular weight is 460 g/mol. The second kappa shape index (κ2) is 23.2. The number of carbonyl (C=O) groups excluding carboxylic acids is 3. The topological polar surface area (TPSA) is 150 Å². The summed E-state index contributed by atoms with van der Waals surface area (Å²) in [6, 6.07) is -1.06. The van der Waals surface area contributed by atoms with E-state index in [4.69, 9.17) is 5.11 Å². The van der Waals surface area contributed by atoms with Crippen molar-refractivity contribution in [3.63, 3.8) is 0 Å². The van der Waals surface area contributed by atoms with Crippen molar-refractivity contribution in [2.45, 2.75) is 77.2 Å². The molecule has 1 unspecified atom stereocenters. The molecular formula is C20H34N2Na2O7. The van der Waals surface area contributed by atoms with E-state index in [0.717, 1.165) is 24.2 Å². The first kappa shape index (κ1) is 35.6. The summed E-state index contributed by atoms with van der Waals surface area (Å²) >= 11 is 0. The van der Waals surface area contributed by atoms with Gasteiger partial charge in [0.15, 0.2) is 5.78 Å². The minimum atomic E-state index is -1.51. The minimum Gasteiger partial charge on any atom is -0.549 e. The first-order chi connectivity index (χ1) is 13.8. The number of carboxylic acid groups (broad SMARTS) is 3. The number of hydrogen-bond donors (Lipinski definition) is 2. The predicted molar refractivity (Wildman–Crippen MR) is 103 cm³/mol. The van der Waals surface area contributed by atoms with Crippen molar-refractivity contribution in [3.8, 4) is 0 Å². The molecule has 31 heavy (non-hydrogen) atoms. The summed E-state index contributed by atoms with van der Waals surface area (Å²) in [7, 11) is 0. The molecule has 0 rings (SSSR count). The molecule has 0 aromatic heterocycles. The van der Waals surface area contributed by atoms with Crippen molar-refractivity contribution in [1.29, 1.82) is 0 Å². The number of rotatable bonds is 20. The van der Waals surface area contributed by atoms with Gasteiger partial charge < -0.3 is 30.2 Å². The quantitative estimate of drug-likeness (QED) is 0.133. The van der Waals surface area contributed by atoms with Crippen LogP contribution >= 0.6 is 0 Å². The zero-order chi connectivity index (χ0) is 22.1. The van der Waals surface area contributed by atoms with Gasteiger partial charge in [-0.25, -0.2) is 0 Å². The molecule has 0 fully saturated rings. The summed E-state index contributed by atoms with van der Waals surface area (Å²) in [5.74, 6) is -4.49. The molecule has 0 aliphatic heterocycles. The van der Waals surface area contributed by atoms with Gasteiger partial charge in [-0.1, -0.05) is 58.3 Å². The maximum atomic E-state index is 12.6. The maximum Gasteiger partial charge on any atom is 1.00 e. The largest absolute Gasteiger partial charge is 1.00 e. The Bertz CT molecular complexity index is 506. The number of aliphatic carboxylic acids is 3. The molecule has 0 saturated heterocycles. The van der Waals surface area contributed by atoms with Crippen LogP contribution in [-0.2, 0) is 19.2 Å². The summed E-state index contributed by atoms with van der Waals surface area (Å²) in [4.78, 5) is 46.1. The molecule has 0 saturated carbocycles. The summed E-state index contributed by atoms with van der Waals surface area (Å²) in [5, 5.41) is 33.0. The standard InChI is InChI=1S/C20H36N2O7.2Na/c1-2-3-4-5-6-7-8-9-10-11-17(23)16(12-21-13-18(24)25)22(14-19(26)27)15-20(28)29;;/h16,21H,2-15H2,1H3,(H,24,25)(H,26,27)(H,28,29);;/q;2*+1/p-2. The zero-order valence-electron chi connectivity index (χ0n) is 19.3. The molecule has 0 aliphatic rings. The molecule has 9 nitrogen and oxygen atoms in total. The fraction of sp³-hybridized carbons (Fsp3) is 0.800. The van der Waals surface area contributed by atoms with E-state index in [-0.39, 0.29) is 77.9 Å². The molecule has 168 valence electrons. The van der Waals surface area contributed by atoms with Crippen molar-refractivity contribution in [1.82, 2.24) is 10.2 Å². The molecular weight excluding hydrogens is 426 g/mol. The first-order valence-electron chi connectivity index (χ1n) is 10.4. The van der Waals surface area contributed by atoms with E-state index in [1.807, 2.05) is 0 Å². The van der Waals surface area contributed by atoms with E-state index in [2.05, 4.69) is 12.2 Å². The number of nitrogens with zero attached hydrogens (tertiary/aromatic N) is 1. The number of ketones is 1. The van der Waals surface area contributed by atoms with E-state index in [9.17, 15) is 29.4 Å². The second-order valence-corrected chi connectivity index (χ2v) is 7.23. The van der Waals surface area contributed by atoms with E-state index in [1.165, 1.54) is 32.1 Å². The van der Waals surface area contributed by atoms with Gasteiger partial charge in [-0.05, 0) is 6.42 Å². The van der Waals surface area contributed by atoms with Crippen LogP contribution in [0.25, 0.3) is 0 Å². The van der Waals surface area contributed by atoms with Gasteiger partial charge in [0.2, 0.25) is 0 Å². The molecule has 0 aliphatic carbocycles. The molecule has 11 heteroatoms. The van der Waals surface area contributed by atoms with E-state index in [1.54, 1.807) is 0 Å². The van der Waals surface area contributed by atoms with Gasteiger partial charge in [-0.2, -0.15) is 0 Å². The monoisotopic (exact) mass is 460 g/mol. The van der Waals surface area contributed by atoms with Crippen LogP contribution in [0.2, 0.25) is 0 Å². The van der Waals surface area contributed by atoms with Gasteiger partial charge in [0.05, 0.1) is 24.5 Å². The van der Waals surface area contributed by atoms with Crippen LogP contribution in [0.1, 0.15) is 71.1 Å². The zero-order valence-corrected chi connectivity index (χ0v) is 23.3. The Labute approximate surface area is 229 Å². The Morgan fingerprint density at radius 3 is 1.81 bits per heavy atom. The normalized spacial score (nSPS) is 11.3. The number of carbonyl (C=O) groups is 4. The summed E-state index contributed by atoms with van der Waals surface area (Å²) < 4.78 is 0. The number of Topliss-reactive ketones (excluding diaryl/α,β-unsaturated/α-hetero) is 1. The average Bonchev–Trinajstić information content (AvgIpc) is 2.62. The van der Waals surface area contributed by atoms with E-state index >= 15 is 0 Å². The van der Waals surface area contributed by atoms with Crippen molar-refractivity contribution in [3.05, 3.63) is 0 Å². The van der Waals surface area contributed by atoms with Crippen LogP contribution < -0.4 is 74.6 Å². The fourth-order valence-electron chi connectivity index (χ4n) is 3.15. The second-order valence-electron chi connectivity index (χ2n) is 7.23. The van der Waals surface area contributed by atoms with Crippen LogP contribution in [0.15, 0.2) is 0 Å². The van der Waals surface area contributed by atoms with Gasteiger partial charge in [0, 0.05) is 26.1 Å². The summed E-state index contributed by atoms with van der Waals surface area (Å²) in [6.45, 7) is 0.0877. The Hall–Kier alpha value is 0.000000000000000444. The van der Waals surface area contributed by atoms with Crippen LogP contribution in [0.4, 0.5) is 0 Å². The first-order valence-corrected chi connectivity index (χ1v) is 10.4. The van der Waals surface area contributed by atoms with Gasteiger partial charge in [-0.15, -0.1) is 0 Å². The van der Waals surface area contributed by atoms with Crippen LogP contribution in [0.5, 0.6) is 0 Å². The molecule has 0 spiro atoms. The van der Waals surface area contributed by atoms with Gasteiger partial charge in [-0.3, -0.25) is 14.5 Å². The molecule has 1 atom stereocenters. The molecule has 0 aromatic carbocycles. The molecule has 0 bridgehead atoms. The van der Waals surface area contributed by atoms with Crippen molar-refractivity contribution in [2.24, 2.45) is 0 Å². The molecule has 0 aromatic rings. The van der Waals surface area contributed by atoms with Gasteiger partial charge in [0.25, 0.3) is 0 Å². The van der Waals surface area contributed by atoms with Crippen molar-refractivity contribution >= 4 is 23.7 Å². The van der Waals surface area contributed by atoms with Crippen molar-refractivity contribution in [2.75, 3.05) is 26.2 Å². The fourth-order valence-corrected chi connectivity index (χ4v) is 3.15. The summed E-state index contributed by atoms with van der Waals surface area (Å²) in [5.41, 5.74) is 0. The molecule has 0 heterocycles. The Morgan fingerprint density at radius 1 is 0.839 bits per heavy atom. The Balaban J connectivity index is -0.00000392. The van der Waals surface area contributed by atoms with Gasteiger partial charge in [0.1, 0.15) is 0 Å². The predicted octanol–water partition coefficient (Wildman–Crippen LogP) is -6.67. The van der Waals surface area contributed by atoms with Crippen LogP contribution in [0, 0.1) is 0 Å². The Morgan fingerprint density at radius 2 is 1.35 bits per heavy atom.